The second kappa shape index (κ2) is 23.9. The Morgan fingerprint density at radius 1 is 0.500 bits per heavy atom. The number of nitrogens with zero attached hydrogens (tertiary/aromatic N) is 2. The summed E-state index contributed by atoms with van der Waals surface area (Å²) in [4.78, 5) is 0. The van der Waals surface area contributed by atoms with E-state index in [2.05, 4.69) is 42.3 Å². The molecule has 0 radical (unpaired) electrons. The molecule has 0 spiro atoms. The molecule has 34 heavy (non-hydrogen) atoms. The average Bonchev–Trinajstić information content (AvgIpc) is 3.23. The quantitative estimate of drug-likeness (QED) is 0.0930. The van der Waals surface area contributed by atoms with Crippen LogP contribution in [0.5, 0.6) is 0 Å². The predicted molar refractivity (Wildman–Crippen MR) is 152 cm³/mol. The van der Waals surface area contributed by atoms with Crippen LogP contribution >= 0.6 is 0 Å². The van der Waals surface area contributed by atoms with E-state index in [1.807, 2.05) is 0 Å². The van der Waals surface area contributed by atoms with Crippen LogP contribution in [0.4, 0.5) is 0 Å². The van der Waals surface area contributed by atoms with Gasteiger partial charge in [0.05, 0.1) is 13.1 Å². The van der Waals surface area contributed by atoms with Gasteiger partial charge >= 0.3 is 0 Å². The van der Waals surface area contributed by atoms with E-state index in [1.165, 1.54) is 167 Å². The molecule has 2 nitrogen and oxygen atoms in total. The van der Waals surface area contributed by atoms with Crippen molar-refractivity contribution < 1.29 is 4.57 Å². The molecule has 0 amide bonds. The molecule has 0 N–H and O–H groups in total. The molecular weight excluding hydrogens is 412 g/mol. The number of hydrogen-bond donors (Lipinski definition) is 0. The summed E-state index contributed by atoms with van der Waals surface area (Å²) in [6.45, 7) is 9.38. The summed E-state index contributed by atoms with van der Waals surface area (Å²) >= 11 is 0. The third-order valence-electron chi connectivity index (χ3n) is 7.60. The van der Waals surface area contributed by atoms with Crippen LogP contribution in [0.15, 0.2) is 12.4 Å². The topological polar surface area (TPSA) is 8.81 Å². The van der Waals surface area contributed by atoms with Crippen LogP contribution in [-0.4, -0.2) is 4.57 Å². The molecule has 200 valence electrons. The Labute approximate surface area is 215 Å². The van der Waals surface area contributed by atoms with E-state index >= 15 is 0 Å². The van der Waals surface area contributed by atoms with E-state index < -0.39 is 0 Å². The van der Waals surface area contributed by atoms with Crippen molar-refractivity contribution >= 4 is 0 Å². The zero-order valence-corrected chi connectivity index (χ0v) is 23.9. The molecule has 0 aliphatic carbocycles. The lowest BCUT2D eigenvalue weighted by Gasteiger charge is -2.07. The Morgan fingerprint density at radius 2 is 0.912 bits per heavy atom. The van der Waals surface area contributed by atoms with Gasteiger partial charge in [-0.05, 0) is 32.1 Å². The fraction of sp³-hybridized carbons (Fsp3) is 0.906. The van der Waals surface area contributed by atoms with Gasteiger partial charge in [0, 0.05) is 6.42 Å². The third kappa shape index (κ3) is 16.8. The summed E-state index contributed by atoms with van der Waals surface area (Å²) in [5, 5.41) is 0. The molecular formula is C32H63N2+. The van der Waals surface area contributed by atoms with Crippen molar-refractivity contribution in [2.45, 2.75) is 188 Å². The lowest BCUT2D eigenvalue weighted by molar-refractivity contribution is -0.704. The Bertz CT molecular complexity index is 500. The molecule has 1 aromatic heterocycles. The molecule has 0 saturated carbocycles. The Balaban J connectivity index is 2.33. The zero-order chi connectivity index (χ0) is 24.5. The van der Waals surface area contributed by atoms with Crippen molar-refractivity contribution in [3.8, 4) is 0 Å². The first-order valence-corrected chi connectivity index (χ1v) is 15.9. The maximum Gasteiger partial charge on any atom is 0.256 e. The van der Waals surface area contributed by atoms with E-state index in [1.54, 1.807) is 5.82 Å². The van der Waals surface area contributed by atoms with Gasteiger partial charge in [0.15, 0.2) is 0 Å². The number of imidazole rings is 1. The molecule has 0 aliphatic rings. The highest BCUT2D eigenvalue weighted by atomic mass is 15.1. The number of aromatic nitrogens is 2. The fourth-order valence-electron chi connectivity index (χ4n) is 5.26. The predicted octanol–water partition coefficient (Wildman–Crippen LogP) is 10.4. The van der Waals surface area contributed by atoms with Gasteiger partial charge < -0.3 is 0 Å². The van der Waals surface area contributed by atoms with Crippen LogP contribution in [0.25, 0.3) is 0 Å². The lowest BCUT2D eigenvalue weighted by Crippen LogP contribution is -2.37. The first kappa shape index (κ1) is 31.2. The first-order chi connectivity index (χ1) is 16.8. The van der Waals surface area contributed by atoms with Gasteiger partial charge in [-0.2, -0.15) is 0 Å². The largest absolute Gasteiger partial charge is 0.256 e. The van der Waals surface area contributed by atoms with Gasteiger partial charge in [0.1, 0.15) is 12.4 Å². The van der Waals surface area contributed by atoms with Crippen molar-refractivity contribution in [3.63, 3.8) is 0 Å². The summed E-state index contributed by atoms with van der Waals surface area (Å²) in [5.74, 6) is 1.61. The summed E-state index contributed by atoms with van der Waals surface area (Å²) < 4.78 is 5.21. The molecule has 0 unspecified atom stereocenters. The minimum absolute atomic E-state index is 1.23. The van der Waals surface area contributed by atoms with Crippen molar-refractivity contribution in [3.05, 3.63) is 18.2 Å². The summed E-state index contributed by atoms with van der Waals surface area (Å²) in [6, 6.07) is 0. The molecule has 0 aromatic carbocycles. The van der Waals surface area contributed by atoms with E-state index in [0.717, 1.165) is 0 Å². The summed E-state index contributed by atoms with van der Waals surface area (Å²) in [6.07, 6.45) is 38.5. The number of aryl methyl sites for hydroxylation is 2. The molecule has 0 saturated heterocycles. The molecule has 0 aliphatic heterocycles. The standard InChI is InChI=1S/C32H63N2/c1-4-7-10-13-16-17-18-19-20-21-24-27-32-33(28-25-22-14-11-8-5-2)30-31-34(32)29-26-23-15-12-9-6-3/h30-31H,4-29H2,1-3H3/q+1. The van der Waals surface area contributed by atoms with Crippen molar-refractivity contribution in [1.82, 2.24) is 4.57 Å². The number of rotatable bonds is 26. The Morgan fingerprint density at radius 3 is 1.41 bits per heavy atom. The van der Waals surface area contributed by atoms with E-state index in [9.17, 15) is 0 Å². The van der Waals surface area contributed by atoms with Gasteiger partial charge in [-0.3, -0.25) is 0 Å². The minimum Gasteiger partial charge on any atom is -0.234 e. The third-order valence-corrected chi connectivity index (χ3v) is 7.60. The SMILES string of the molecule is CCCCCCCCCCCCCc1n(CCCCCCCC)cc[n+]1CCCCCCCC. The highest BCUT2D eigenvalue weighted by molar-refractivity contribution is 4.84. The molecule has 1 aromatic rings. The Hall–Kier alpha value is -0.790. The highest BCUT2D eigenvalue weighted by Crippen LogP contribution is 2.14. The van der Waals surface area contributed by atoms with E-state index in [4.69, 9.17) is 0 Å². The molecule has 0 fully saturated rings. The van der Waals surface area contributed by atoms with Crippen LogP contribution in [-0.2, 0) is 19.5 Å². The summed E-state index contributed by atoms with van der Waals surface area (Å²) in [5.41, 5.74) is 0. The summed E-state index contributed by atoms with van der Waals surface area (Å²) in [7, 11) is 0. The highest BCUT2D eigenvalue weighted by Gasteiger charge is 2.16. The molecule has 2 heteroatoms. The van der Waals surface area contributed by atoms with Crippen LogP contribution in [0, 0.1) is 0 Å². The zero-order valence-electron chi connectivity index (χ0n) is 23.9. The van der Waals surface area contributed by atoms with Crippen molar-refractivity contribution in [2.75, 3.05) is 0 Å². The fourth-order valence-corrected chi connectivity index (χ4v) is 5.26. The van der Waals surface area contributed by atoms with Crippen molar-refractivity contribution in [1.29, 1.82) is 0 Å². The van der Waals surface area contributed by atoms with Crippen LogP contribution in [0.3, 0.4) is 0 Å². The Kier molecular flexibility index (Phi) is 22.0. The van der Waals surface area contributed by atoms with Gasteiger partial charge in [0.25, 0.3) is 5.82 Å². The van der Waals surface area contributed by atoms with Gasteiger partial charge in [-0.25, -0.2) is 9.13 Å². The maximum absolute atomic E-state index is 2.60. The van der Waals surface area contributed by atoms with Gasteiger partial charge in [0.2, 0.25) is 0 Å². The van der Waals surface area contributed by atoms with Crippen LogP contribution in [0.1, 0.15) is 174 Å². The smallest absolute Gasteiger partial charge is 0.234 e. The second-order valence-electron chi connectivity index (χ2n) is 10.9. The first-order valence-electron chi connectivity index (χ1n) is 15.9. The molecule has 0 bridgehead atoms. The second-order valence-corrected chi connectivity index (χ2v) is 10.9. The average molecular weight is 476 g/mol. The van der Waals surface area contributed by atoms with E-state index in [-0.39, 0.29) is 0 Å². The van der Waals surface area contributed by atoms with Crippen LogP contribution < -0.4 is 4.57 Å². The maximum atomic E-state index is 2.60. The number of hydrogen-bond acceptors (Lipinski definition) is 0. The van der Waals surface area contributed by atoms with Crippen LogP contribution in [0.2, 0.25) is 0 Å². The van der Waals surface area contributed by atoms with Gasteiger partial charge in [-0.15, -0.1) is 0 Å². The normalized spacial score (nSPS) is 11.5. The van der Waals surface area contributed by atoms with E-state index in [0.29, 0.717) is 0 Å². The van der Waals surface area contributed by atoms with Crippen molar-refractivity contribution in [2.24, 2.45) is 0 Å². The van der Waals surface area contributed by atoms with Gasteiger partial charge in [-0.1, -0.05) is 136 Å². The number of unbranched alkanes of at least 4 members (excludes halogenated alkanes) is 20. The lowest BCUT2D eigenvalue weighted by atomic mass is 10.1. The minimum atomic E-state index is 1.23. The molecule has 1 heterocycles. The molecule has 1 rings (SSSR count). The monoisotopic (exact) mass is 475 g/mol. The molecule has 0 atom stereocenters.